The van der Waals surface area contributed by atoms with E-state index in [1.165, 1.54) is 0 Å². The van der Waals surface area contributed by atoms with E-state index in [0.29, 0.717) is 6.42 Å². The van der Waals surface area contributed by atoms with Gasteiger partial charge < -0.3 is 5.11 Å². The highest BCUT2D eigenvalue weighted by Crippen LogP contribution is 2.43. The van der Waals surface area contributed by atoms with Gasteiger partial charge in [0.2, 0.25) is 0 Å². The molecule has 18 heavy (non-hydrogen) atoms. The summed E-state index contributed by atoms with van der Waals surface area (Å²) in [5.41, 5.74) is 1.13. The van der Waals surface area contributed by atoms with Crippen molar-refractivity contribution in [2.45, 2.75) is 39.5 Å². The topological polar surface area (TPSA) is 68.0 Å². The van der Waals surface area contributed by atoms with Crippen LogP contribution < -0.4 is 0 Å². The van der Waals surface area contributed by atoms with Crippen molar-refractivity contribution in [1.29, 1.82) is 0 Å². The van der Waals surface area contributed by atoms with Gasteiger partial charge in [-0.15, -0.1) is 5.10 Å². The molecule has 0 saturated heterocycles. The first-order valence-electron chi connectivity index (χ1n) is 6.45. The molecule has 0 bridgehead atoms. The predicted octanol–water partition coefficient (Wildman–Crippen LogP) is 1.88. The van der Waals surface area contributed by atoms with Crippen LogP contribution in [0.1, 0.15) is 38.8 Å². The second-order valence-electron chi connectivity index (χ2n) is 6.20. The van der Waals surface area contributed by atoms with E-state index in [0.717, 1.165) is 25.0 Å². The molecule has 2 rings (SSSR count). The number of carboxylic acids is 1. The second kappa shape index (κ2) is 4.71. The number of carboxylic acid groups (broad SMARTS) is 1. The number of aromatic nitrogens is 3. The first kappa shape index (κ1) is 13.1. The second-order valence-corrected chi connectivity index (χ2v) is 6.20. The summed E-state index contributed by atoms with van der Waals surface area (Å²) in [5, 5.41) is 17.3. The number of hydrogen-bond donors (Lipinski definition) is 1. The SMILES string of the molecule is Cn1cc(CC2CC(C)(C)CCC2C(=O)O)nn1. The average Bonchev–Trinajstić information content (AvgIpc) is 2.62. The molecule has 5 heteroatoms. The molecule has 5 nitrogen and oxygen atoms in total. The number of carbonyl (C=O) groups is 1. The van der Waals surface area contributed by atoms with E-state index in [4.69, 9.17) is 0 Å². The summed E-state index contributed by atoms with van der Waals surface area (Å²) >= 11 is 0. The maximum Gasteiger partial charge on any atom is 0.306 e. The van der Waals surface area contributed by atoms with Crippen LogP contribution in [0.2, 0.25) is 0 Å². The highest BCUT2D eigenvalue weighted by Gasteiger charge is 2.38. The van der Waals surface area contributed by atoms with Crippen LogP contribution in [0.25, 0.3) is 0 Å². The van der Waals surface area contributed by atoms with Gasteiger partial charge in [-0.05, 0) is 37.0 Å². The van der Waals surface area contributed by atoms with Crippen LogP contribution in [0.5, 0.6) is 0 Å². The van der Waals surface area contributed by atoms with E-state index in [1.54, 1.807) is 4.68 Å². The van der Waals surface area contributed by atoms with Crippen LogP contribution >= 0.6 is 0 Å². The first-order valence-corrected chi connectivity index (χ1v) is 6.45. The number of aliphatic carboxylic acids is 1. The minimum absolute atomic E-state index is 0.169. The van der Waals surface area contributed by atoms with Crippen LogP contribution in [0.15, 0.2) is 6.20 Å². The Balaban J connectivity index is 2.12. The average molecular weight is 251 g/mol. The zero-order chi connectivity index (χ0) is 13.3. The first-order chi connectivity index (χ1) is 8.37. The smallest absolute Gasteiger partial charge is 0.306 e. The van der Waals surface area contributed by atoms with Gasteiger partial charge in [-0.2, -0.15) is 0 Å². The highest BCUT2D eigenvalue weighted by molar-refractivity contribution is 5.70. The number of hydrogen-bond acceptors (Lipinski definition) is 3. The molecule has 1 heterocycles. The molecule has 1 saturated carbocycles. The molecular weight excluding hydrogens is 230 g/mol. The summed E-state index contributed by atoms with van der Waals surface area (Å²) in [6.07, 6.45) is 5.30. The van der Waals surface area contributed by atoms with E-state index in [1.807, 2.05) is 13.2 Å². The van der Waals surface area contributed by atoms with Crippen molar-refractivity contribution in [3.8, 4) is 0 Å². The highest BCUT2D eigenvalue weighted by atomic mass is 16.4. The van der Waals surface area contributed by atoms with Gasteiger partial charge in [0, 0.05) is 13.2 Å². The van der Waals surface area contributed by atoms with E-state index in [-0.39, 0.29) is 17.3 Å². The lowest BCUT2D eigenvalue weighted by molar-refractivity contribution is -0.146. The Morgan fingerprint density at radius 2 is 2.33 bits per heavy atom. The third-order valence-corrected chi connectivity index (χ3v) is 3.95. The Morgan fingerprint density at radius 1 is 1.61 bits per heavy atom. The van der Waals surface area contributed by atoms with Crippen molar-refractivity contribution < 1.29 is 9.90 Å². The summed E-state index contributed by atoms with van der Waals surface area (Å²) < 4.78 is 1.67. The molecule has 1 N–H and O–H groups in total. The summed E-state index contributed by atoms with van der Waals surface area (Å²) in [6, 6.07) is 0. The van der Waals surface area contributed by atoms with E-state index >= 15 is 0 Å². The van der Waals surface area contributed by atoms with Crippen molar-refractivity contribution in [2.75, 3.05) is 0 Å². The molecular formula is C13H21N3O2. The molecule has 0 amide bonds. The Kier molecular flexibility index (Phi) is 3.41. The lowest BCUT2D eigenvalue weighted by Gasteiger charge is -2.38. The normalized spacial score (nSPS) is 27.1. The van der Waals surface area contributed by atoms with Crippen molar-refractivity contribution in [2.24, 2.45) is 24.3 Å². The van der Waals surface area contributed by atoms with Gasteiger partial charge in [0.05, 0.1) is 11.6 Å². The van der Waals surface area contributed by atoms with Gasteiger partial charge in [0.15, 0.2) is 0 Å². The van der Waals surface area contributed by atoms with Gasteiger partial charge in [-0.3, -0.25) is 9.48 Å². The molecule has 1 aromatic heterocycles. The largest absolute Gasteiger partial charge is 0.481 e. The lowest BCUT2D eigenvalue weighted by atomic mass is 9.66. The molecule has 2 unspecified atom stereocenters. The zero-order valence-corrected chi connectivity index (χ0v) is 11.3. The van der Waals surface area contributed by atoms with Crippen LogP contribution in [0.3, 0.4) is 0 Å². The zero-order valence-electron chi connectivity index (χ0n) is 11.3. The number of nitrogens with zero attached hydrogens (tertiary/aromatic N) is 3. The molecule has 0 spiro atoms. The fourth-order valence-corrected chi connectivity index (χ4v) is 3.03. The van der Waals surface area contributed by atoms with Gasteiger partial charge in [0.25, 0.3) is 0 Å². The molecule has 0 aromatic carbocycles. The van der Waals surface area contributed by atoms with E-state index in [9.17, 15) is 9.90 Å². The fourth-order valence-electron chi connectivity index (χ4n) is 3.03. The summed E-state index contributed by atoms with van der Waals surface area (Å²) in [6.45, 7) is 4.43. The van der Waals surface area contributed by atoms with Gasteiger partial charge in [-0.25, -0.2) is 0 Å². The number of aryl methyl sites for hydroxylation is 1. The van der Waals surface area contributed by atoms with E-state index in [2.05, 4.69) is 24.2 Å². The van der Waals surface area contributed by atoms with Gasteiger partial charge in [-0.1, -0.05) is 19.1 Å². The van der Waals surface area contributed by atoms with Crippen LogP contribution in [0.4, 0.5) is 0 Å². The molecule has 1 aromatic rings. The molecule has 100 valence electrons. The van der Waals surface area contributed by atoms with Crippen LogP contribution in [-0.2, 0) is 18.3 Å². The minimum atomic E-state index is -0.667. The van der Waals surface area contributed by atoms with Gasteiger partial charge in [0.1, 0.15) is 0 Å². The minimum Gasteiger partial charge on any atom is -0.481 e. The monoisotopic (exact) mass is 251 g/mol. The standard InChI is InChI=1S/C13H21N3O2/c1-13(2)5-4-11(12(17)18)9(7-13)6-10-8-16(3)15-14-10/h8-9,11H,4-7H2,1-3H3,(H,17,18). The quantitative estimate of drug-likeness (QED) is 0.890. The number of rotatable bonds is 3. The van der Waals surface area contributed by atoms with Crippen LogP contribution in [-0.4, -0.2) is 26.1 Å². The molecule has 2 atom stereocenters. The summed E-state index contributed by atoms with van der Waals surface area (Å²) in [5.74, 6) is -0.734. The Labute approximate surface area is 107 Å². The lowest BCUT2D eigenvalue weighted by Crippen LogP contribution is -2.35. The third-order valence-electron chi connectivity index (χ3n) is 3.95. The Hall–Kier alpha value is -1.39. The van der Waals surface area contributed by atoms with Crippen molar-refractivity contribution in [1.82, 2.24) is 15.0 Å². The van der Waals surface area contributed by atoms with Crippen molar-refractivity contribution in [3.63, 3.8) is 0 Å². The molecule has 1 aliphatic carbocycles. The van der Waals surface area contributed by atoms with Gasteiger partial charge >= 0.3 is 5.97 Å². The van der Waals surface area contributed by atoms with Crippen LogP contribution in [0, 0.1) is 17.3 Å². The Bertz CT molecular complexity index is 439. The molecule has 0 radical (unpaired) electrons. The molecule has 1 fully saturated rings. The summed E-state index contributed by atoms with van der Waals surface area (Å²) in [4.78, 5) is 11.3. The van der Waals surface area contributed by atoms with Crippen molar-refractivity contribution >= 4 is 5.97 Å². The Morgan fingerprint density at radius 3 is 2.89 bits per heavy atom. The maximum absolute atomic E-state index is 11.3. The molecule has 0 aliphatic heterocycles. The third kappa shape index (κ3) is 2.89. The van der Waals surface area contributed by atoms with E-state index < -0.39 is 5.97 Å². The van der Waals surface area contributed by atoms with Crippen molar-refractivity contribution in [3.05, 3.63) is 11.9 Å². The molecule has 1 aliphatic rings. The fraction of sp³-hybridized carbons (Fsp3) is 0.769. The maximum atomic E-state index is 11.3. The predicted molar refractivity (Wildman–Crippen MR) is 67.0 cm³/mol. The summed E-state index contributed by atoms with van der Waals surface area (Å²) in [7, 11) is 1.83.